The number of benzene rings is 1. The maximum atomic E-state index is 12.9. The summed E-state index contributed by atoms with van der Waals surface area (Å²) in [4.78, 5) is 12.8. The van der Waals surface area contributed by atoms with E-state index in [9.17, 15) is 9.90 Å². The molecule has 1 aromatic carbocycles. The largest absolute Gasteiger partial charge is 0.497 e. The molecule has 2 saturated carbocycles. The fourth-order valence-corrected chi connectivity index (χ4v) is 6.44. The minimum absolute atomic E-state index is 0. The van der Waals surface area contributed by atoms with E-state index in [0.29, 0.717) is 17.8 Å². The van der Waals surface area contributed by atoms with Crippen LogP contribution in [0.1, 0.15) is 54.4 Å². The van der Waals surface area contributed by atoms with Crippen molar-refractivity contribution in [2.24, 2.45) is 17.3 Å². The topological polar surface area (TPSA) is 46.5 Å². The minimum atomic E-state index is -0.222. The third-order valence-electron chi connectivity index (χ3n) is 6.80. The van der Waals surface area contributed by atoms with Crippen LogP contribution in [0.3, 0.4) is 0 Å². The van der Waals surface area contributed by atoms with Gasteiger partial charge in [-0.05, 0) is 66.5 Å². The average molecular weight is 606 g/mol. The maximum absolute atomic E-state index is 12.9. The predicted molar refractivity (Wildman–Crippen MR) is 92.3 cm³/mol. The van der Waals surface area contributed by atoms with Gasteiger partial charge in [0.15, 0.2) is 5.78 Å². The Balaban J connectivity index is 0.00000169. The SMILES string of the molecule is COc1ccc2c(c1)C(=O)C(Br)C1C2CCC2(C)C(O)CCC12.[Ac]. The van der Waals surface area contributed by atoms with Crippen molar-refractivity contribution >= 4 is 21.7 Å². The van der Waals surface area contributed by atoms with Gasteiger partial charge in [-0.1, -0.05) is 28.9 Å². The van der Waals surface area contributed by atoms with Gasteiger partial charge in [-0.3, -0.25) is 4.79 Å². The van der Waals surface area contributed by atoms with Crippen LogP contribution in [0.4, 0.5) is 0 Å². The summed E-state index contributed by atoms with van der Waals surface area (Å²) >= 11 is 3.72. The first kappa shape index (κ1) is 19.3. The first-order chi connectivity index (χ1) is 11.0. The van der Waals surface area contributed by atoms with Crippen LogP contribution in [0, 0.1) is 61.3 Å². The zero-order valence-corrected chi connectivity index (χ0v) is 20.5. The molecule has 6 unspecified atom stereocenters. The van der Waals surface area contributed by atoms with Crippen LogP contribution in [0.15, 0.2) is 18.2 Å². The van der Waals surface area contributed by atoms with E-state index in [2.05, 4.69) is 28.9 Å². The molecule has 1 aromatic rings. The van der Waals surface area contributed by atoms with Crippen molar-refractivity contribution in [3.63, 3.8) is 0 Å². The standard InChI is InChI=1S/C19H23BrO3.Ac/c1-19-8-7-12-11-4-3-10(23-2)9-13(11)18(22)17(20)16(12)14(19)5-6-15(19)21;/h3-4,9,12,14-17,21H,5-8H2,1-2H3;. The molecule has 0 aliphatic heterocycles. The van der Waals surface area contributed by atoms with E-state index in [-0.39, 0.29) is 66.2 Å². The van der Waals surface area contributed by atoms with Gasteiger partial charge in [0.25, 0.3) is 0 Å². The number of halogens is 1. The Morgan fingerprint density at radius 2 is 2.04 bits per heavy atom. The van der Waals surface area contributed by atoms with Crippen LogP contribution in [0.2, 0.25) is 0 Å². The molecule has 3 nitrogen and oxygen atoms in total. The van der Waals surface area contributed by atoms with Crippen LogP contribution in [0.25, 0.3) is 0 Å². The van der Waals surface area contributed by atoms with Crippen molar-refractivity contribution in [3.8, 4) is 5.75 Å². The van der Waals surface area contributed by atoms with Crippen molar-refractivity contribution in [1.82, 2.24) is 0 Å². The van der Waals surface area contributed by atoms with E-state index in [1.165, 1.54) is 5.56 Å². The van der Waals surface area contributed by atoms with E-state index in [0.717, 1.165) is 37.0 Å². The number of alkyl halides is 1. The Labute approximate surface area is 187 Å². The van der Waals surface area contributed by atoms with Crippen LogP contribution < -0.4 is 4.74 Å². The smallest absolute Gasteiger partial charge is 0.177 e. The van der Waals surface area contributed by atoms with Crippen molar-refractivity contribution < 1.29 is 58.7 Å². The molecule has 4 rings (SSSR count). The van der Waals surface area contributed by atoms with E-state index in [4.69, 9.17) is 4.74 Å². The van der Waals surface area contributed by atoms with Crippen molar-refractivity contribution in [2.45, 2.75) is 49.5 Å². The molecule has 6 atom stereocenters. The molecule has 5 heteroatoms. The third kappa shape index (κ3) is 2.68. The number of hydrogen-bond donors (Lipinski definition) is 1. The molecule has 3 aliphatic rings. The van der Waals surface area contributed by atoms with Gasteiger partial charge in [-0.25, -0.2) is 0 Å². The fourth-order valence-electron chi connectivity index (χ4n) is 5.46. The summed E-state index contributed by atoms with van der Waals surface area (Å²) in [5.74, 6) is 2.03. The number of carbonyl (C=O) groups excluding carboxylic acids is 1. The van der Waals surface area contributed by atoms with Gasteiger partial charge in [-0.2, -0.15) is 0 Å². The summed E-state index contributed by atoms with van der Waals surface area (Å²) in [7, 11) is 1.63. The van der Waals surface area contributed by atoms with Crippen LogP contribution in [0.5, 0.6) is 5.75 Å². The zero-order valence-electron chi connectivity index (χ0n) is 14.2. The summed E-state index contributed by atoms with van der Waals surface area (Å²) in [6.45, 7) is 2.22. The molecule has 0 spiro atoms. The Kier molecular flexibility index (Phi) is 5.60. The molecule has 2 fully saturated rings. The second-order valence-corrected chi connectivity index (χ2v) is 8.63. The van der Waals surface area contributed by atoms with Gasteiger partial charge in [0.2, 0.25) is 0 Å². The third-order valence-corrected chi connectivity index (χ3v) is 7.82. The molecule has 0 aromatic heterocycles. The van der Waals surface area contributed by atoms with Gasteiger partial charge in [0, 0.05) is 49.6 Å². The summed E-state index contributed by atoms with van der Waals surface area (Å²) in [5.41, 5.74) is 1.96. The Morgan fingerprint density at radius 1 is 1.29 bits per heavy atom. The van der Waals surface area contributed by atoms with Crippen LogP contribution >= 0.6 is 15.9 Å². The number of carbonyl (C=O) groups is 1. The number of ether oxygens (including phenoxy) is 1. The van der Waals surface area contributed by atoms with E-state index < -0.39 is 0 Å². The fraction of sp³-hybridized carbons (Fsp3) is 0.632. The van der Waals surface area contributed by atoms with E-state index >= 15 is 0 Å². The molecular weight excluding hydrogens is 583 g/mol. The second kappa shape index (κ2) is 6.95. The molecule has 0 amide bonds. The summed E-state index contributed by atoms with van der Waals surface area (Å²) in [6, 6.07) is 5.94. The number of hydrogen-bond acceptors (Lipinski definition) is 3. The zero-order chi connectivity index (χ0) is 16.4. The number of aliphatic hydroxyl groups is 1. The van der Waals surface area contributed by atoms with Crippen LogP contribution in [-0.2, 0) is 0 Å². The van der Waals surface area contributed by atoms with Crippen molar-refractivity contribution in [3.05, 3.63) is 29.3 Å². The first-order valence-electron chi connectivity index (χ1n) is 8.51. The molecule has 3 aliphatic carbocycles. The van der Waals surface area contributed by atoms with Crippen LogP contribution in [-0.4, -0.2) is 28.9 Å². The molecule has 0 bridgehead atoms. The summed E-state index contributed by atoms with van der Waals surface area (Å²) in [6.07, 6.45) is 3.76. The van der Waals surface area contributed by atoms with Gasteiger partial charge in [-0.15, -0.1) is 0 Å². The minimum Gasteiger partial charge on any atom is -0.497 e. The van der Waals surface area contributed by atoms with E-state index in [1.807, 2.05) is 12.1 Å². The molecule has 1 radical (unpaired) electrons. The first-order valence-corrected chi connectivity index (χ1v) is 9.43. The van der Waals surface area contributed by atoms with E-state index in [1.54, 1.807) is 7.11 Å². The van der Waals surface area contributed by atoms with Gasteiger partial charge < -0.3 is 9.84 Å². The van der Waals surface area contributed by atoms with Gasteiger partial charge in [0.1, 0.15) is 5.75 Å². The maximum Gasteiger partial charge on any atom is 0.177 e. The number of Topliss-reactive ketones (excluding diaryl/α,β-unsaturated/α-hetero) is 1. The normalized spacial score (nSPS) is 40.2. The monoisotopic (exact) mass is 605 g/mol. The summed E-state index contributed by atoms with van der Waals surface area (Å²) < 4.78 is 5.30. The van der Waals surface area contributed by atoms with Crippen molar-refractivity contribution in [2.75, 3.05) is 7.11 Å². The molecule has 0 heterocycles. The molecule has 1 N–H and O–H groups in total. The Hall–Kier alpha value is 0.572. The quantitative estimate of drug-likeness (QED) is 0.494. The average Bonchev–Trinajstić information content (AvgIpc) is 2.87. The van der Waals surface area contributed by atoms with Gasteiger partial charge in [0.05, 0.1) is 18.0 Å². The Bertz CT molecular complexity index is 664. The number of ketones is 1. The number of methoxy groups -OCH3 is 1. The molecule has 127 valence electrons. The Morgan fingerprint density at radius 3 is 2.75 bits per heavy atom. The number of rotatable bonds is 1. The van der Waals surface area contributed by atoms with Crippen molar-refractivity contribution in [1.29, 1.82) is 0 Å². The molecule has 0 saturated heterocycles. The molecule has 24 heavy (non-hydrogen) atoms. The predicted octanol–water partition coefficient (Wildman–Crippen LogP) is 3.93. The molecular formula is C19H23AcBrO3. The van der Waals surface area contributed by atoms with Gasteiger partial charge >= 0.3 is 0 Å². The number of fused-ring (bicyclic) bond motifs is 5. The summed E-state index contributed by atoms with van der Waals surface area (Å²) in [5, 5.41) is 10.5. The number of aliphatic hydroxyl groups excluding tert-OH is 1. The second-order valence-electron chi connectivity index (χ2n) is 7.65.